The molecule has 3 N–H and O–H groups in total. The average molecular weight is 152 g/mol. The Labute approximate surface area is 56.9 Å². The number of rotatable bonds is 1. The Balaban J connectivity index is 2.53. The molecule has 1 rings (SSSR count). The molecule has 4 nitrogen and oxygen atoms in total. The molecule has 0 unspecified atom stereocenters. The predicted molar refractivity (Wildman–Crippen MR) is 28.9 cm³/mol. The Morgan fingerprint density at radius 1 is 1.40 bits per heavy atom. The summed E-state index contributed by atoms with van der Waals surface area (Å²) >= 11 is 0. The van der Waals surface area contributed by atoms with Crippen LogP contribution in [0, 0.1) is 0 Å². The zero-order valence-corrected chi connectivity index (χ0v) is 5.14. The Hall–Kier alpha value is -0.230. The summed E-state index contributed by atoms with van der Waals surface area (Å²) in [6, 6.07) is 0. The second-order valence-electron chi connectivity index (χ2n) is 2.18. The van der Waals surface area contributed by atoms with E-state index >= 15 is 0 Å². The molecule has 0 aromatic heterocycles. The molecule has 0 amide bonds. The van der Waals surface area contributed by atoms with E-state index in [0.29, 0.717) is 0 Å². The molecule has 1 aliphatic rings. The van der Waals surface area contributed by atoms with Crippen LogP contribution >= 0.6 is 0 Å². The van der Waals surface area contributed by atoms with Crippen molar-refractivity contribution in [1.29, 1.82) is 0 Å². The van der Waals surface area contributed by atoms with Gasteiger partial charge in [0.15, 0.2) is 12.5 Å². The number of aliphatic hydroxyl groups is 3. The maximum Gasteiger partial charge on any atom is 0.184 e. The van der Waals surface area contributed by atoms with Crippen LogP contribution in [0.25, 0.3) is 0 Å². The second-order valence-corrected chi connectivity index (χ2v) is 2.18. The van der Waals surface area contributed by atoms with Crippen LogP contribution < -0.4 is 0 Å². The van der Waals surface area contributed by atoms with Gasteiger partial charge in [-0.3, -0.25) is 0 Å². The SMILES string of the molecule is OC[C@H]1O[C@H](O)[C@H](O)[C@H]1F. The van der Waals surface area contributed by atoms with Gasteiger partial charge in [0, 0.05) is 0 Å². The van der Waals surface area contributed by atoms with Crippen molar-refractivity contribution in [3.05, 3.63) is 0 Å². The Bertz CT molecular complexity index is 120. The van der Waals surface area contributed by atoms with Gasteiger partial charge in [0.05, 0.1) is 6.61 Å². The van der Waals surface area contributed by atoms with Crippen molar-refractivity contribution in [2.45, 2.75) is 24.7 Å². The molecule has 60 valence electrons. The highest BCUT2D eigenvalue weighted by Crippen LogP contribution is 2.21. The second kappa shape index (κ2) is 2.79. The van der Waals surface area contributed by atoms with Gasteiger partial charge in [-0.05, 0) is 0 Å². The lowest BCUT2D eigenvalue weighted by atomic mass is 10.2. The summed E-state index contributed by atoms with van der Waals surface area (Å²) in [5.74, 6) is 0. The van der Waals surface area contributed by atoms with E-state index in [1.165, 1.54) is 0 Å². The minimum Gasteiger partial charge on any atom is -0.394 e. The summed E-state index contributed by atoms with van der Waals surface area (Å²) < 4.78 is 17.0. The maximum atomic E-state index is 12.5. The fraction of sp³-hybridized carbons (Fsp3) is 1.00. The Kier molecular flexibility index (Phi) is 2.20. The van der Waals surface area contributed by atoms with Crippen molar-refractivity contribution in [3.8, 4) is 0 Å². The highest BCUT2D eigenvalue weighted by Gasteiger charge is 2.42. The molecule has 5 heteroatoms. The van der Waals surface area contributed by atoms with Crippen molar-refractivity contribution in [2.24, 2.45) is 0 Å². The van der Waals surface area contributed by atoms with E-state index in [0.717, 1.165) is 0 Å². The van der Waals surface area contributed by atoms with E-state index in [4.69, 9.17) is 15.3 Å². The van der Waals surface area contributed by atoms with Gasteiger partial charge in [-0.1, -0.05) is 0 Å². The van der Waals surface area contributed by atoms with Crippen LogP contribution in [0.4, 0.5) is 4.39 Å². The maximum absolute atomic E-state index is 12.5. The monoisotopic (exact) mass is 152 g/mol. The molecule has 1 fully saturated rings. The molecule has 1 aliphatic heterocycles. The van der Waals surface area contributed by atoms with Crippen LogP contribution in [-0.4, -0.2) is 46.6 Å². The zero-order chi connectivity index (χ0) is 7.72. The van der Waals surface area contributed by atoms with Gasteiger partial charge in [0.1, 0.15) is 12.2 Å². The van der Waals surface area contributed by atoms with Crippen molar-refractivity contribution < 1.29 is 24.4 Å². The van der Waals surface area contributed by atoms with Gasteiger partial charge < -0.3 is 20.1 Å². The fourth-order valence-electron chi connectivity index (χ4n) is 0.856. The first-order valence-corrected chi connectivity index (χ1v) is 2.93. The van der Waals surface area contributed by atoms with Crippen LogP contribution in [0.1, 0.15) is 0 Å². The van der Waals surface area contributed by atoms with Crippen molar-refractivity contribution in [1.82, 2.24) is 0 Å². The normalized spacial score (nSPS) is 48.0. The van der Waals surface area contributed by atoms with E-state index in [-0.39, 0.29) is 0 Å². The average Bonchev–Trinajstić information content (AvgIpc) is 2.17. The molecular formula is C5H9FO4. The van der Waals surface area contributed by atoms with Gasteiger partial charge in [-0.25, -0.2) is 4.39 Å². The molecule has 4 atom stereocenters. The zero-order valence-electron chi connectivity index (χ0n) is 5.14. The lowest BCUT2D eigenvalue weighted by molar-refractivity contribution is -0.132. The highest BCUT2D eigenvalue weighted by molar-refractivity contribution is 4.85. The van der Waals surface area contributed by atoms with Gasteiger partial charge >= 0.3 is 0 Å². The Morgan fingerprint density at radius 3 is 2.20 bits per heavy atom. The van der Waals surface area contributed by atoms with E-state index in [1.807, 2.05) is 0 Å². The van der Waals surface area contributed by atoms with Crippen molar-refractivity contribution >= 4 is 0 Å². The van der Waals surface area contributed by atoms with Gasteiger partial charge in [0.25, 0.3) is 0 Å². The number of alkyl halides is 1. The lowest BCUT2D eigenvalue weighted by Crippen LogP contribution is -2.29. The summed E-state index contributed by atoms with van der Waals surface area (Å²) in [6.07, 6.45) is -5.82. The predicted octanol–water partition coefficient (Wildman–Crippen LogP) is -1.61. The first kappa shape index (κ1) is 7.87. The lowest BCUT2D eigenvalue weighted by Gasteiger charge is -2.06. The Morgan fingerprint density at radius 2 is 2.00 bits per heavy atom. The molecule has 0 radical (unpaired) electrons. The largest absolute Gasteiger partial charge is 0.394 e. The topological polar surface area (TPSA) is 69.9 Å². The third-order valence-electron chi connectivity index (χ3n) is 1.47. The van der Waals surface area contributed by atoms with Crippen LogP contribution in [0.2, 0.25) is 0 Å². The van der Waals surface area contributed by atoms with E-state index in [1.54, 1.807) is 0 Å². The van der Waals surface area contributed by atoms with Crippen LogP contribution in [-0.2, 0) is 4.74 Å². The summed E-state index contributed by atoms with van der Waals surface area (Å²) in [5.41, 5.74) is 0. The fourth-order valence-corrected chi connectivity index (χ4v) is 0.856. The molecule has 1 heterocycles. The highest BCUT2D eigenvalue weighted by atomic mass is 19.1. The minimum absolute atomic E-state index is 0.532. The molecule has 0 spiro atoms. The molecule has 0 aromatic rings. The van der Waals surface area contributed by atoms with Crippen LogP contribution in [0.15, 0.2) is 0 Å². The molecule has 0 aliphatic carbocycles. The van der Waals surface area contributed by atoms with E-state index in [2.05, 4.69) is 4.74 Å². The molecule has 0 saturated carbocycles. The summed E-state index contributed by atoms with van der Waals surface area (Å²) in [5, 5.41) is 25.7. The molecule has 0 aromatic carbocycles. The molecular weight excluding hydrogens is 143 g/mol. The van der Waals surface area contributed by atoms with Gasteiger partial charge in [-0.15, -0.1) is 0 Å². The summed E-state index contributed by atoms with van der Waals surface area (Å²) in [6.45, 7) is -0.532. The van der Waals surface area contributed by atoms with Crippen molar-refractivity contribution in [3.63, 3.8) is 0 Å². The van der Waals surface area contributed by atoms with Gasteiger partial charge in [0.2, 0.25) is 0 Å². The summed E-state index contributed by atoms with van der Waals surface area (Å²) in [4.78, 5) is 0. The standard InChI is InChI=1S/C5H9FO4/c6-3-2(1-7)10-5(9)4(3)8/h2-5,7-9H,1H2/t2-,3+,4-,5+/m1/s1. The number of halogens is 1. The first-order valence-electron chi connectivity index (χ1n) is 2.93. The molecule has 10 heavy (non-hydrogen) atoms. The van der Waals surface area contributed by atoms with Gasteiger partial charge in [-0.2, -0.15) is 0 Å². The third-order valence-corrected chi connectivity index (χ3v) is 1.47. The summed E-state index contributed by atoms with van der Waals surface area (Å²) in [7, 11) is 0. The van der Waals surface area contributed by atoms with Crippen LogP contribution in [0.5, 0.6) is 0 Å². The first-order chi connectivity index (χ1) is 4.66. The number of ether oxygens (including phenoxy) is 1. The number of aliphatic hydroxyl groups excluding tert-OH is 3. The van der Waals surface area contributed by atoms with E-state index in [9.17, 15) is 4.39 Å². The molecule has 1 saturated heterocycles. The number of hydrogen-bond donors (Lipinski definition) is 3. The molecule has 0 bridgehead atoms. The minimum atomic E-state index is -1.69. The third kappa shape index (κ3) is 1.13. The number of hydrogen-bond acceptors (Lipinski definition) is 4. The quantitative estimate of drug-likeness (QED) is 0.423. The van der Waals surface area contributed by atoms with Crippen LogP contribution in [0.3, 0.4) is 0 Å². The van der Waals surface area contributed by atoms with E-state index < -0.39 is 31.3 Å². The van der Waals surface area contributed by atoms with Crippen molar-refractivity contribution in [2.75, 3.05) is 6.61 Å². The smallest absolute Gasteiger partial charge is 0.184 e.